The van der Waals surface area contributed by atoms with Gasteiger partial charge in [0.25, 0.3) is 0 Å². The van der Waals surface area contributed by atoms with Crippen molar-refractivity contribution < 1.29 is 18.0 Å². The molecule has 1 aliphatic rings. The number of nitrogens with zero attached hydrogens (tertiary/aromatic N) is 1. The van der Waals surface area contributed by atoms with Crippen molar-refractivity contribution >= 4 is 33.2 Å². The summed E-state index contributed by atoms with van der Waals surface area (Å²) in [4.78, 5) is 27.0. The second-order valence-corrected chi connectivity index (χ2v) is 10.7. The summed E-state index contributed by atoms with van der Waals surface area (Å²) in [6.45, 7) is 10.1. The van der Waals surface area contributed by atoms with Crippen molar-refractivity contribution in [3.05, 3.63) is 53.1 Å². The van der Waals surface area contributed by atoms with Crippen LogP contribution in [0.5, 0.6) is 0 Å². The first kappa shape index (κ1) is 24.9. The van der Waals surface area contributed by atoms with E-state index in [1.807, 2.05) is 45.9 Å². The number of benzene rings is 2. The number of fused-ring (bicyclic) bond motifs is 1. The van der Waals surface area contributed by atoms with Crippen molar-refractivity contribution in [1.29, 1.82) is 0 Å². The van der Waals surface area contributed by atoms with E-state index in [4.69, 9.17) is 0 Å². The molecule has 33 heavy (non-hydrogen) atoms. The third-order valence-electron chi connectivity index (χ3n) is 6.04. The minimum Gasteiger partial charge on any atom is -0.324 e. The lowest BCUT2D eigenvalue weighted by atomic mass is 10.0. The highest BCUT2D eigenvalue weighted by Gasteiger charge is 2.29. The maximum Gasteiger partial charge on any atom is 0.242 e. The second kappa shape index (κ2) is 10.1. The van der Waals surface area contributed by atoms with Gasteiger partial charge in [0.15, 0.2) is 0 Å². The molecule has 0 spiro atoms. The maximum atomic E-state index is 13.2. The first-order valence-corrected chi connectivity index (χ1v) is 12.8. The number of carbonyl (C=O) groups is 2. The van der Waals surface area contributed by atoms with Crippen LogP contribution in [0.1, 0.15) is 50.3 Å². The summed E-state index contributed by atoms with van der Waals surface area (Å²) in [7, 11) is -3.94. The van der Waals surface area contributed by atoms with E-state index in [2.05, 4.69) is 10.0 Å². The molecule has 2 aromatic carbocycles. The third-order valence-corrected chi connectivity index (χ3v) is 7.51. The van der Waals surface area contributed by atoms with Crippen molar-refractivity contribution in [2.45, 2.75) is 64.8 Å². The highest BCUT2D eigenvalue weighted by Crippen LogP contribution is 2.31. The van der Waals surface area contributed by atoms with Crippen molar-refractivity contribution in [2.75, 3.05) is 16.8 Å². The average molecular weight is 472 g/mol. The molecule has 2 aromatic rings. The summed E-state index contributed by atoms with van der Waals surface area (Å²) in [5, 5.41) is 2.89. The summed E-state index contributed by atoms with van der Waals surface area (Å²) >= 11 is 0. The van der Waals surface area contributed by atoms with Gasteiger partial charge in [-0.15, -0.1) is 0 Å². The molecule has 3 rings (SSSR count). The van der Waals surface area contributed by atoms with Gasteiger partial charge >= 0.3 is 0 Å². The molecule has 0 unspecified atom stereocenters. The van der Waals surface area contributed by atoms with E-state index in [9.17, 15) is 18.0 Å². The summed E-state index contributed by atoms with van der Waals surface area (Å²) in [5.41, 5.74) is 4.24. The number of hydrogen-bond donors (Lipinski definition) is 2. The maximum absolute atomic E-state index is 13.2. The molecule has 2 N–H and O–H groups in total. The van der Waals surface area contributed by atoms with Crippen LogP contribution in [0.25, 0.3) is 0 Å². The van der Waals surface area contributed by atoms with E-state index < -0.39 is 16.1 Å². The Morgan fingerprint density at radius 1 is 1.12 bits per heavy atom. The lowest BCUT2D eigenvalue weighted by molar-refractivity contribution is -0.118. The van der Waals surface area contributed by atoms with Gasteiger partial charge in [-0.05, 0) is 73.6 Å². The predicted octanol–water partition coefficient (Wildman–Crippen LogP) is 3.93. The molecule has 178 valence electrons. The van der Waals surface area contributed by atoms with Gasteiger partial charge in [0.05, 0.1) is 4.90 Å². The zero-order valence-electron chi connectivity index (χ0n) is 19.9. The Morgan fingerprint density at radius 2 is 1.85 bits per heavy atom. The Hall–Kier alpha value is -2.71. The van der Waals surface area contributed by atoms with Crippen LogP contribution in [-0.4, -0.2) is 32.8 Å². The van der Waals surface area contributed by atoms with E-state index >= 15 is 0 Å². The van der Waals surface area contributed by atoms with Gasteiger partial charge in [0, 0.05) is 24.3 Å². The first-order chi connectivity index (χ1) is 15.5. The number of amides is 2. The summed E-state index contributed by atoms with van der Waals surface area (Å²) in [6, 6.07) is 9.50. The molecular weight excluding hydrogens is 438 g/mol. The molecule has 0 saturated heterocycles. The monoisotopic (exact) mass is 471 g/mol. The molecule has 0 fully saturated rings. The van der Waals surface area contributed by atoms with Gasteiger partial charge in [0.1, 0.15) is 6.04 Å². The van der Waals surface area contributed by atoms with Crippen LogP contribution in [0.4, 0.5) is 11.4 Å². The normalized spacial score (nSPS) is 14.3. The molecule has 1 atom stereocenters. The molecule has 0 radical (unpaired) electrons. The molecule has 0 aliphatic carbocycles. The van der Waals surface area contributed by atoms with Crippen LogP contribution < -0.4 is 14.9 Å². The lowest BCUT2D eigenvalue weighted by Gasteiger charge is -2.21. The fraction of sp³-hybridized carbons (Fsp3) is 0.440. The molecule has 0 bridgehead atoms. The van der Waals surface area contributed by atoms with Crippen molar-refractivity contribution in [1.82, 2.24) is 4.72 Å². The number of aryl methyl sites for hydroxylation is 1. The fourth-order valence-corrected chi connectivity index (χ4v) is 5.30. The minimum atomic E-state index is -3.94. The smallest absolute Gasteiger partial charge is 0.242 e. The summed E-state index contributed by atoms with van der Waals surface area (Å²) in [6.07, 6.45) is 1.36. The second-order valence-electron chi connectivity index (χ2n) is 8.98. The molecule has 1 aliphatic heterocycles. The van der Waals surface area contributed by atoms with Crippen molar-refractivity contribution in [3.8, 4) is 0 Å². The van der Waals surface area contributed by atoms with E-state index in [0.717, 1.165) is 22.4 Å². The number of nitrogens with one attached hydrogen (secondary N) is 2. The van der Waals surface area contributed by atoms with Gasteiger partial charge in [-0.1, -0.05) is 32.9 Å². The quantitative estimate of drug-likeness (QED) is 0.610. The van der Waals surface area contributed by atoms with Crippen LogP contribution in [0.3, 0.4) is 0 Å². The van der Waals surface area contributed by atoms with Crippen LogP contribution in [0.15, 0.2) is 41.3 Å². The molecule has 0 saturated carbocycles. The number of rotatable bonds is 8. The first-order valence-electron chi connectivity index (χ1n) is 11.4. The fourth-order valence-electron chi connectivity index (χ4n) is 4.04. The highest BCUT2D eigenvalue weighted by atomic mass is 32.2. The minimum absolute atomic E-state index is 0.0163. The Bertz CT molecular complexity index is 1160. The predicted molar refractivity (Wildman–Crippen MR) is 131 cm³/mol. The molecule has 2 amide bonds. The topological polar surface area (TPSA) is 95.6 Å². The van der Waals surface area contributed by atoms with Crippen LogP contribution in [0, 0.1) is 19.8 Å². The Kier molecular flexibility index (Phi) is 7.59. The van der Waals surface area contributed by atoms with Crippen LogP contribution in [0.2, 0.25) is 0 Å². The van der Waals surface area contributed by atoms with E-state index in [1.165, 1.54) is 6.07 Å². The largest absolute Gasteiger partial charge is 0.324 e. The Labute approximate surface area is 196 Å². The number of anilines is 2. The zero-order chi connectivity index (χ0) is 24.3. The molecule has 1 heterocycles. The van der Waals surface area contributed by atoms with Gasteiger partial charge in [0.2, 0.25) is 21.8 Å². The highest BCUT2D eigenvalue weighted by molar-refractivity contribution is 7.89. The molecule has 8 heteroatoms. The van der Waals surface area contributed by atoms with Crippen molar-refractivity contribution in [2.24, 2.45) is 5.92 Å². The number of carbonyl (C=O) groups excluding carboxylic acids is 2. The van der Waals surface area contributed by atoms with Gasteiger partial charge < -0.3 is 10.2 Å². The van der Waals surface area contributed by atoms with E-state index in [0.29, 0.717) is 31.5 Å². The molecular formula is C25H33N3O4S. The Morgan fingerprint density at radius 3 is 2.52 bits per heavy atom. The van der Waals surface area contributed by atoms with Crippen LogP contribution in [-0.2, 0) is 26.0 Å². The van der Waals surface area contributed by atoms with Gasteiger partial charge in [-0.3, -0.25) is 9.59 Å². The van der Waals surface area contributed by atoms with Gasteiger partial charge in [-0.2, -0.15) is 4.72 Å². The zero-order valence-corrected chi connectivity index (χ0v) is 20.8. The number of sulfonamides is 1. The van der Waals surface area contributed by atoms with E-state index in [-0.39, 0.29) is 22.6 Å². The number of hydrogen-bond acceptors (Lipinski definition) is 4. The third kappa shape index (κ3) is 5.62. The summed E-state index contributed by atoms with van der Waals surface area (Å²) < 4.78 is 29.0. The standard InChI is InChI=1S/C25H33N3O4S/c1-6-24(29)28-13-12-19-15-20(10-11-23(19)28)33(31,32)27-22(14-16(2)3)25(30)26-21-9-7-8-17(4)18(21)5/h7-11,15-16,22,27H,6,12-14H2,1-5H3,(H,26,30)/t22-/m0/s1. The Balaban J connectivity index is 1.83. The van der Waals surface area contributed by atoms with Crippen molar-refractivity contribution in [3.63, 3.8) is 0 Å². The van der Waals surface area contributed by atoms with Crippen LogP contribution >= 0.6 is 0 Å². The van der Waals surface area contributed by atoms with Gasteiger partial charge in [-0.25, -0.2) is 8.42 Å². The summed E-state index contributed by atoms with van der Waals surface area (Å²) in [5.74, 6) is -0.264. The van der Waals surface area contributed by atoms with E-state index in [1.54, 1.807) is 24.0 Å². The molecule has 0 aromatic heterocycles. The molecule has 7 nitrogen and oxygen atoms in total. The average Bonchev–Trinajstić information content (AvgIpc) is 3.18. The SMILES string of the molecule is CCC(=O)N1CCc2cc(S(=O)(=O)N[C@@H](CC(C)C)C(=O)Nc3cccc(C)c3C)ccc21. The lowest BCUT2D eigenvalue weighted by Crippen LogP contribution is -2.44.